The molecule has 1 saturated heterocycles. The van der Waals surface area contributed by atoms with E-state index in [2.05, 4.69) is 39.1 Å². The second kappa shape index (κ2) is 6.13. The topological polar surface area (TPSA) is 56.8 Å². The molecule has 1 amide bonds. The number of carbonyl (C=O) groups excluding carboxylic acids is 1. The van der Waals surface area contributed by atoms with Crippen molar-refractivity contribution in [2.24, 2.45) is 0 Å². The Kier molecular flexibility index (Phi) is 4.89. The van der Waals surface area contributed by atoms with E-state index < -0.39 is 0 Å². The molecule has 130 valence electrons. The van der Waals surface area contributed by atoms with Crippen LogP contribution in [0.3, 0.4) is 0 Å². The summed E-state index contributed by atoms with van der Waals surface area (Å²) in [6, 6.07) is 0. The minimum Gasteiger partial charge on any atom is -0.446 e. The smallest absolute Gasteiger partial charge is 0.446 e. The van der Waals surface area contributed by atoms with Gasteiger partial charge in [0.1, 0.15) is 6.10 Å². The Balaban J connectivity index is 1.89. The Bertz CT molecular complexity index is 477. The van der Waals surface area contributed by atoms with Gasteiger partial charge in [0.2, 0.25) is 0 Å². The first-order chi connectivity index (χ1) is 10.4. The highest BCUT2D eigenvalue weighted by molar-refractivity contribution is 6.54. The van der Waals surface area contributed by atoms with Gasteiger partial charge in [-0.25, -0.2) is 4.79 Å². The van der Waals surface area contributed by atoms with Gasteiger partial charge in [0.25, 0.3) is 0 Å². The van der Waals surface area contributed by atoms with Crippen molar-refractivity contribution in [1.82, 2.24) is 5.32 Å². The lowest BCUT2D eigenvalue weighted by Gasteiger charge is -2.32. The molecule has 0 radical (unpaired) electrons. The molecular formula is C17H30BNO4. The van der Waals surface area contributed by atoms with E-state index in [1.165, 1.54) is 0 Å². The van der Waals surface area contributed by atoms with Crippen LogP contribution in [0.2, 0.25) is 0 Å². The third-order valence-electron chi connectivity index (χ3n) is 4.70. The maximum Gasteiger partial charge on any atom is 0.490 e. The van der Waals surface area contributed by atoms with Gasteiger partial charge in [-0.15, -0.1) is 0 Å². The van der Waals surface area contributed by atoms with Crippen molar-refractivity contribution in [1.29, 1.82) is 0 Å². The molecule has 1 aliphatic carbocycles. The molecule has 0 spiro atoms. The van der Waals surface area contributed by atoms with Crippen molar-refractivity contribution in [2.45, 2.75) is 90.6 Å². The van der Waals surface area contributed by atoms with E-state index in [9.17, 15) is 4.79 Å². The molecular weight excluding hydrogens is 293 g/mol. The monoisotopic (exact) mass is 323 g/mol. The minimum atomic E-state index is -0.352. The summed E-state index contributed by atoms with van der Waals surface area (Å²) in [5.41, 5.74) is 0.228. The lowest BCUT2D eigenvalue weighted by Crippen LogP contribution is -2.42. The van der Waals surface area contributed by atoms with E-state index >= 15 is 0 Å². The molecule has 1 unspecified atom stereocenters. The summed E-state index contributed by atoms with van der Waals surface area (Å²) in [6.45, 7) is 14.0. The lowest BCUT2D eigenvalue weighted by atomic mass is 9.72. The second-order valence-electron chi connectivity index (χ2n) is 8.54. The van der Waals surface area contributed by atoms with Gasteiger partial charge in [0, 0.05) is 12.0 Å². The average Bonchev–Trinajstić information content (AvgIpc) is 2.56. The first kappa shape index (κ1) is 18.3. The third kappa shape index (κ3) is 4.51. The van der Waals surface area contributed by atoms with Crippen LogP contribution in [0.1, 0.15) is 67.7 Å². The Morgan fingerprint density at radius 1 is 1.26 bits per heavy atom. The molecule has 2 aliphatic rings. The molecule has 0 bridgehead atoms. The summed E-state index contributed by atoms with van der Waals surface area (Å²) in [4.78, 5) is 11.8. The fourth-order valence-electron chi connectivity index (χ4n) is 2.63. The maximum atomic E-state index is 11.8. The molecule has 1 fully saturated rings. The van der Waals surface area contributed by atoms with Gasteiger partial charge >= 0.3 is 13.2 Å². The van der Waals surface area contributed by atoms with E-state index in [4.69, 9.17) is 14.0 Å². The van der Waals surface area contributed by atoms with Gasteiger partial charge in [-0.2, -0.15) is 0 Å². The normalized spacial score (nSPS) is 26.7. The fraction of sp³-hybridized carbons (Fsp3) is 0.824. The van der Waals surface area contributed by atoms with Crippen molar-refractivity contribution >= 4 is 13.2 Å². The first-order valence-electron chi connectivity index (χ1n) is 8.43. The highest BCUT2D eigenvalue weighted by Gasteiger charge is 2.52. The van der Waals surface area contributed by atoms with Crippen LogP contribution in [0.15, 0.2) is 11.5 Å². The van der Waals surface area contributed by atoms with Gasteiger partial charge in [-0.1, -0.05) is 6.08 Å². The zero-order valence-corrected chi connectivity index (χ0v) is 15.5. The van der Waals surface area contributed by atoms with Gasteiger partial charge < -0.3 is 19.4 Å². The van der Waals surface area contributed by atoms with E-state index in [0.29, 0.717) is 6.42 Å². The molecule has 0 aromatic heterocycles. The Morgan fingerprint density at radius 3 is 2.26 bits per heavy atom. The number of hydrogen-bond donors (Lipinski definition) is 1. The number of ether oxygens (including phenoxy) is 1. The van der Waals surface area contributed by atoms with Crippen molar-refractivity contribution in [2.75, 3.05) is 0 Å². The number of carbonyl (C=O) groups is 1. The molecule has 6 heteroatoms. The molecule has 1 aliphatic heterocycles. The SMILES string of the molecule is CC(C)(C)NC(=O)OC1CC=C(B2OC(C)(C)C(C)(C)O2)CC1. The van der Waals surface area contributed by atoms with Crippen LogP contribution in [0.25, 0.3) is 0 Å². The molecule has 1 heterocycles. The highest BCUT2D eigenvalue weighted by Crippen LogP contribution is 2.40. The summed E-state index contributed by atoms with van der Waals surface area (Å²) in [5, 5.41) is 2.82. The van der Waals surface area contributed by atoms with Crippen LogP contribution in [0.5, 0.6) is 0 Å². The molecule has 23 heavy (non-hydrogen) atoms. The number of nitrogens with one attached hydrogen (secondary N) is 1. The predicted molar refractivity (Wildman–Crippen MR) is 91.2 cm³/mol. The molecule has 0 aromatic carbocycles. The number of allylic oxidation sites excluding steroid dienone is 1. The van der Waals surface area contributed by atoms with Crippen LogP contribution < -0.4 is 5.32 Å². The zero-order chi connectivity index (χ0) is 17.5. The van der Waals surface area contributed by atoms with E-state index in [1.807, 2.05) is 20.8 Å². The van der Waals surface area contributed by atoms with E-state index in [-0.39, 0.29) is 36.1 Å². The molecule has 0 saturated carbocycles. The number of alkyl carbamates (subject to hydrolysis) is 1. The van der Waals surface area contributed by atoms with Crippen molar-refractivity contribution in [3.63, 3.8) is 0 Å². The molecule has 0 aromatic rings. The number of rotatable bonds is 2. The zero-order valence-electron chi connectivity index (χ0n) is 15.5. The fourth-order valence-corrected chi connectivity index (χ4v) is 2.63. The van der Waals surface area contributed by atoms with Crippen LogP contribution >= 0.6 is 0 Å². The number of amides is 1. The van der Waals surface area contributed by atoms with E-state index in [1.54, 1.807) is 0 Å². The highest BCUT2D eigenvalue weighted by atomic mass is 16.7. The van der Waals surface area contributed by atoms with Crippen LogP contribution in [-0.2, 0) is 14.0 Å². The van der Waals surface area contributed by atoms with Crippen molar-refractivity contribution < 1.29 is 18.8 Å². The van der Waals surface area contributed by atoms with Gasteiger partial charge in [-0.05, 0) is 66.8 Å². The van der Waals surface area contributed by atoms with Gasteiger partial charge in [0.15, 0.2) is 0 Å². The number of hydrogen-bond acceptors (Lipinski definition) is 4. The van der Waals surface area contributed by atoms with Crippen LogP contribution in [0, 0.1) is 0 Å². The first-order valence-corrected chi connectivity index (χ1v) is 8.43. The van der Waals surface area contributed by atoms with Gasteiger partial charge in [-0.3, -0.25) is 0 Å². The Labute approximate surface area is 140 Å². The molecule has 1 N–H and O–H groups in total. The van der Waals surface area contributed by atoms with Crippen molar-refractivity contribution in [3.05, 3.63) is 11.5 Å². The Morgan fingerprint density at radius 2 is 1.83 bits per heavy atom. The maximum absolute atomic E-state index is 11.8. The second-order valence-corrected chi connectivity index (χ2v) is 8.54. The quantitative estimate of drug-likeness (QED) is 0.789. The Hall–Kier alpha value is -1.01. The summed E-state index contributed by atoms with van der Waals surface area (Å²) >= 11 is 0. The van der Waals surface area contributed by atoms with E-state index in [0.717, 1.165) is 18.3 Å². The largest absolute Gasteiger partial charge is 0.490 e. The minimum absolute atomic E-state index is 0.0801. The van der Waals surface area contributed by atoms with Gasteiger partial charge in [0.05, 0.1) is 11.2 Å². The summed E-state index contributed by atoms with van der Waals surface area (Å²) in [6.07, 6.45) is 3.99. The predicted octanol–water partition coefficient (Wildman–Crippen LogP) is 3.62. The molecule has 5 nitrogen and oxygen atoms in total. The standard InChI is InChI=1S/C17H30BNO4/c1-15(2,3)19-14(20)21-13-10-8-12(9-11-13)18-22-16(4,5)17(6,7)23-18/h8,13H,9-11H2,1-7H3,(H,19,20). The van der Waals surface area contributed by atoms with Crippen LogP contribution in [-0.4, -0.2) is 36.1 Å². The van der Waals surface area contributed by atoms with Crippen molar-refractivity contribution in [3.8, 4) is 0 Å². The summed E-state index contributed by atoms with van der Waals surface area (Å²) < 4.78 is 17.6. The lowest BCUT2D eigenvalue weighted by molar-refractivity contribution is 0.00578. The average molecular weight is 323 g/mol. The third-order valence-corrected chi connectivity index (χ3v) is 4.70. The van der Waals surface area contributed by atoms with Crippen LogP contribution in [0.4, 0.5) is 4.79 Å². The summed E-state index contributed by atoms with van der Waals surface area (Å²) in [5.74, 6) is 0. The molecule has 2 rings (SSSR count). The molecule has 1 atom stereocenters. The summed E-state index contributed by atoms with van der Waals surface area (Å²) in [7, 11) is -0.288.